The van der Waals surface area contributed by atoms with Gasteiger partial charge >= 0.3 is 0 Å². The fourth-order valence-electron chi connectivity index (χ4n) is 4.50. The van der Waals surface area contributed by atoms with Crippen LogP contribution in [0.5, 0.6) is 0 Å². The van der Waals surface area contributed by atoms with E-state index in [2.05, 4.69) is 23.7 Å². The van der Waals surface area contributed by atoms with Crippen molar-refractivity contribution in [3.05, 3.63) is 16.6 Å². The van der Waals surface area contributed by atoms with Gasteiger partial charge in [0.25, 0.3) is 0 Å². The van der Waals surface area contributed by atoms with Crippen molar-refractivity contribution in [2.24, 2.45) is 17.3 Å². The summed E-state index contributed by atoms with van der Waals surface area (Å²) >= 11 is 1.54. The van der Waals surface area contributed by atoms with E-state index >= 15 is 0 Å². The van der Waals surface area contributed by atoms with Crippen molar-refractivity contribution in [2.45, 2.75) is 46.0 Å². The first-order valence-electron chi connectivity index (χ1n) is 10.0. The van der Waals surface area contributed by atoms with Crippen molar-refractivity contribution >= 4 is 17.2 Å². The van der Waals surface area contributed by atoms with Crippen LogP contribution in [0.3, 0.4) is 0 Å². The summed E-state index contributed by atoms with van der Waals surface area (Å²) in [5.74, 6) is 1.15. The summed E-state index contributed by atoms with van der Waals surface area (Å²) in [6, 6.07) is 0. The molecule has 0 bridgehead atoms. The highest BCUT2D eigenvalue weighted by Gasteiger charge is 2.45. The van der Waals surface area contributed by atoms with Crippen LogP contribution in [-0.2, 0) is 11.2 Å². The van der Waals surface area contributed by atoms with E-state index < -0.39 is 0 Å². The molecule has 6 heteroatoms. The van der Waals surface area contributed by atoms with Crippen LogP contribution in [-0.4, -0.2) is 65.1 Å². The molecule has 0 aromatic carbocycles. The fourth-order valence-corrected chi connectivity index (χ4v) is 5.09. The van der Waals surface area contributed by atoms with Crippen LogP contribution < -0.4 is 0 Å². The van der Waals surface area contributed by atoms with E-state index in [1.807, 2.05) is 4.90 Å². The standard InChI is InChI=1S/C20H33N3O2S/c1-16(2)3-7-22-8-4-20(5-9-22)6-10-23(13-17(20)14-24)19(25)11-18-12-21-15-26-18/h12,15-17,24H,3-11,13-14H2,1-2H3/t17-/m0/s1. The zero-order valence-corrected chi connectivity index (χ0v) is 17.0. The van der Waals surface area contributed by atoms with E-state index in [1.165, 1.54) is 24.3 Å². The van der Waals surface area contributed by atoms with Crippen molar-refractivity contribution in [2.75, 3.05) is 39.3 Å². The molecule has 0 unspecified atom stereocenters. The molecule has 1 atom stereocenters. The Morgan fingerprint density at radius 3 is 2.69 bits per heavy atom. The van der Waals surface area contributed by atoms with E-state index in [0.29, 0.717) is 13.0 Å². The number of aromatic nitrogens is 1. The average Bonchev–Trinajstić information content (AvgIpc) is 3.14. The smallest absolute Gasteiger partial charge is 0.227 e. The third-order valence-corrected chi connectivity index (χ3v) is 7.22. The fraction of sp³-hybridized carbons (Fsp3) is 0.800. The molecule has 3 heterocycles. The number of piperidine rings is 2. The Hall–Kier alpha value is -0.980. The Labute approximate surface area is 161 Å². The van der Waals surface area contributed by atoms with E-state index in [4.69, 9.17) is 0 Å². The van der Waals surface area contributed by atoms with Crippen LogP contribution in [0.1, 0.15) is 44.4 Å². The second-order valence-corrected chi connectivity index (χ2v) is 9.47. The van der Waals surface area contributed by atoms with Crippen LogP contribution in [0.2, 0.25) is 0 Å². The lowest BCUT2D eigenvalue weighted by Crippen LogP contribution is -2.55. The van der Waals surface area contributed by atoms with E-state index in [1.54, 1.807) is 11.7 Å². The van der Waals surface area contributed by atoms with Crippen LogP contribution >= 0.6 is 11.3 Å². The van der Waals surface area contributed by atoms with Gasteiger partial charge in [-0.25, -0.2) is 0 Å². The number of thiazole rings is 1. The Kier molecular flexibility index (Phi) is 6.70. The topological polar surface area (TPSA) is 56.7 Å². The lowest BCUT2D eigenvalue weighted by molar-refractivity contribution is -0.137. The quantitative estimate of drug-likeness (QED) is 0.826. The monoisotopic (exact) mass is 379 g/mol. The molecule has 2 aliphatic heterocycles. The molecule has 0 radical (unpaired) electrons. The van der Waals surface area contributed by atoms with Gasteiger partial charge in [-0.2, -0.15) is 0 Å². The van der Waals surface area contributed by atoms with Gasteiger partial charge in [0.15, 0.2) is 0 Å². The number of likely N-dealkylation sites (tertiary alicyclic amines) is 2. The number of nitrogens with zero attached hydrogens (tertiary/aromatic N) is 3. The summed E-state index contributed by atoms with van der Waals surface area (Å²) in [7, 11) is 0. The SMILES string of the molecule is CC(C)CCN1CCC2(CC1)CCN(C(=O)Cc1cncs1)C[C@H]2CO. The molecule has 0 aliphatic carbocycles. The van der Waals surface area contributed by atoms with E-state index in [-0.39, 0.29) is 23.8 Å². The Morgan fingerprint density at radius 1 is 1.35 bits per heavy atom. The molecular formula is C20H33N3O2S. The van der Waals surface area contributed by atoms with Gasteiger partial charge in [0, 0.05) is 36.7 Å². The molecule has 1 aromatic heterocycles. The summed E-state index contributed by atoms with van der Waals surface area (Å²) in [5.41, 5.74) is 2.00. The molecule has 0 saturated carbocycles. The molecule has 1 aromatic rings. The minimum Gasteiger partial charge on any atom is -0.396 e. The van der Waals surface area contributed by atoms with Crippen LogP contribution in [0.4, 0.5) is 0 Å². The second kappa shape index (κ2) is 8.81. The molecule has 1 spiro atoms. The first kappa shape index (κ1) is 19.8. The summed E-state index contributed by atoms with van der Waals surface area (Å²) in [5, 5.41) is 10.0. The Bertz CT molecular complexity index is 568. The maximum absolute atomic E-state index is 12.6. The molecule has 2 fully saturated rings. The van der Waals surface area contributed by atoms with Gasteiger partial charge in [-0.05, 0) is 56.7 Å². The molecule has 2 saturated heterocycles. The molecule has 1 amide bonds. The van der Waals surface area contributed by atoms with Crippen LogP contribution in [0.25, 0.3) is 0 Å². The average molecular weight is 380 g/mol. The maximum atomic E-state index is 12.6. The van der Waals surface area contributed by atoms with Crippen LogP contribution in [0, 0.1) is 17.3 Å². The van der Waals surface area contributed by atoms with Gasteiger partial charge < -0.3 is 14.9 Å². The molecule has 146 valence electrons. The Balaban J connectivity index is 1.54. The number of aliphatic hydroxyl groups excluding tert-OH is 1. The number of carbonyl (C=O) groups excluding carboxylic acids is 1. The van der Waals surface area contributed by atoms with Gasteiger partial charge in [0.1, 0.15) is 0 Å². The summed E-state index contributed by atoms with van der Waals surface area (Å²) in [4.78, 5) is 22.2. The number of amides is 1. The minimum atomic E-state index is 0.178. The lowest BCUT2D eigenvalue weighted by Gasteiger charge is -2.51. The Morgan fingerprint density at radius 2 is 2.08 bits per heavy atom. The zero-order valence-electron chi connectivity index (χ0n) is 16.2. The third-order valence-electron chi connectivity index (χ3n) is 6.44. The van der Waals surface area contributed by atoms with Gasteiger partial charge in [0.05, 0.1) is 11.9 Å². The largest absolute Gasteiger partial charge is 0.396 e. The van der Waals surface area contributed by atoms with E-state index in [9.17, 15) is 9.90 Å². The molecule has 1 N–H and O–H groups in total. The third kappa shape index (κ3) is 4.65. The highest BCUT2D eigenvalue weighted by molar-refractivity contribution is 7.09. The number of carbonyl (C=O) groups is 1. The van der Waals surface area contributed by atoms with Crippen LogP contribution in [0.15, 0.2) is 11.7 Å². The van der Waals surface area contributed by atoms with Gasteiger partial charge in [-0.1, -0.05) is 13.8 Å². The molecule has 3 rings (SSSR count). The predicted octanol–water partition coefficient (Wildman–Crippen LogP) is 2.65. The van der Waals surface area contributed by atoms with Crippen molar-refractivity contribution in [3.8, 4) is 0 Å². The highest BCUT2D eigenvalue weighted by Crippen LogP contribution is 2.45. The maximum Gasteiger partial charge on any atom is 0.227 e. The first-order valence-corrected chi connectivity index (χ1v) is 10.9. The lowest BCUT2D eigenvalue weighted by atomic mass is 9.64. The number of rotatable bonds is 6. The molecule has 2 aliphatic rings. The molecule has 26 heavy (non-hydrogen) atoms. The zero-order chi connectivity index (χ0) is 18.6. The minimum absolute atomic E-state index is 0.178. The van der Waals surface area contributed by atoms with Gasteiger partial charge in [-0.15, -0.1) is 11.3 Å². The summed E-state index contributed by atoms with van der Waals surface area (Å²) < 4.78 is 0. The van der Waals surface area contributed by atoms with Gasteiger partial charge in [0.2, 0.25) is 5.91 Å². The molecule has 5 nitrogen and oxygen atoms in total. The highest BCUT2D eigenvalue weighted by atomic mass is 32.1. The number of hydrogen-bond donors (Lipinski definition) is 1. The van der Waals surface area contributed by atoms with Crippen molar-refractivity contribution in [1.29, 1.82) is 0 Å². The summed E-state index contributed by atoms with van der Waals surface area (Å²) in [6.45, 7) is 9.77. The summed E-state index contributed by atoms with van der Waals surface area (Å²) in [6.07, 6.45) is 6.84. The normalized spacial score (nSPS) is 23.7. The van der Waals surface area contributed by atoms with Gasteiger partial charge in [-0.3, -0.25) is 9.78 Å². The predicted molar refractivity (Wildman–Crippen MR) is 105 cm³/mol. The number of hydrogen-bond acceptors (Lipinski definition) is 5. The van der Waals surface area contributed by atoms with Crippen molar-refractivity contribution in [1.82, 2.24) is 14.8 Å². The van der Waals surface area contributed by atoms with Crippen molar-refractivity contribution < 1.29 is 9.90 Å². The second-order valence-electron chi connectivity index (χ2n) is 8.50. The van der Waals surface area contributed by atoms with Crippen molar-refractivity contribution in [3.63, 3.8) is 0 Å². The number of aliphatic hydroxyl groups is 1. The first-order chi connectivity index (χ1) is 12.5. The van der Waals surface area contributed by atoms with E-state index in [0.717, 1.165) is 49.7 Å². The molecular weight excluding hydrogens is 346 g/mol.